The smallest absolute Gasteiger partial charge is 0.305 e. The summed E-state index contributed by atoms with van der Waals surface area (Å²) in [6, 6.07) is -0.542. The molecular formula is C76H147NO5. The Hall–Kier alpha value is -1.66. The number of hydrogen-bond donors (Lipinski definition) is 3. The van der Waals surface area contributed by atoms with Gasteiger partial charge in [-0.3, -0.25) is 9.59 Å². The fourth-order valence-electron chi connectivity index (χ4n) is 12.0. The Labute approximate surface area is 513 Å². The molecule has 0 saturated heterocycles. The number of nitrogens with one attached hydrogen (secondary N) is 1. The van der Waals surface area contributed by atoms with Crippen molar-refractivity contribution >= 4 is 11.9 Å². The van der Waals surface area contributed by atoms with Crippen LogP contribution < -0.4 is 5.32 Å². The second kappa shape index (κ2) is 71.8. The molecule has 0 fully saturated rings. The summed E-state index contributed by atoms with van der Waals surface area (Å²) in [5, 5.41) is 23.5. The number of aliphatic hydroxyl groups excluding tert-OH is 2. The lowest BCUT2D eigenvalue weighted by Crippen LogP contribution is -2.45. The highest BCUT2D eigenvalue weighted by molar-refractivity contribution is 5.76. The minimum atomic E-state index is -0.665. The number of carbonyl (C=O) groups excluding carboxylic acids is 2. The standard InChI is InChI=1S/C76H147NO5/c1-3-5-7-9-11-13-15-17-19-21-22-23-24-27-30-33-37-40-44-48-52-56-60-64-68-74(79)73(72-78)77-75(80)69-65-61-57-53-49-45-41-38-34-31-28-25-26-29-32-35-39-43-47-51-55-59-63-67-71-82-76(81)70-66-62-58-54-50-46-42-36-20-18-16-14-12-10-8-6-4-2/h12,14,18,20,73-74,78-79H,3-11,13,15-17,19,21-72H2,1-2H3,(H,77,80)/b14-12-,20-18-. The normalized spacial score (nSPS) is 12.6. The number of allylic oxidation sites excluding steroid dienone is 4. The number of hydrogen-bond acceptors (Lipinski definition) is 5. The van der Waals surface area contributed by atoms with Crippen molar-refractivity contribution in [1.29, 1.82) is 0 Å². The predicted molar refractivity (Wildman–Crippen MR) is 361 cm³/mol. The van der Waals surface area contributed by atoms with Crippen molar-refractivity contribution < 1.29 is 24.5 Å². The SMILES string of the molecule is CCCCC/C=C\C/C=C\CCCCCCCCCC(=O)OCCCCCCCCCCCCCCCCCCCCCCCCCCC(=O)NC(CO)C(O)CCCCCCCCCCCCCCCCCCCCCCCCCC. The Bertz CT molecular complexity index is 1280. The summed E-state index contributed by atoms with van der Waals surface area (Å²) in [5.74, 6) is -0.0197. The van der Waals surface area contributed by atoms with E-state index in [4.69, 9.17) is 4.74 Å². The van der Waals surface area contributed by atoms with Crippen LogP contribution in [-0.2, 0) is 14.3 Å². The maximum absolute atomic E-state index is 12.6. The van der Waals surface area contributed by atoms with Gasteiger partial charge in [0.05, 0.1) is 25.4 Å². The molecule has 0 saturated carbocycles. The molecule has 0 bridgehead atoms. The van der Waals surface area contributed by atoms with Crippen molar-refractivity contribution in [3.8, 4) is 0 Å². The first-order valence-corrected chi connectivity index (χ1v) is 37.6. The molecule has 0 heterocycles. The molecule has 0 aromatic heterocycles. The molecule has 0 aliphatic carbocycles. The largest absolute Gasteiger partial charge is 0.466 e. The number of unbranched alkanes of at least 4 members (excludes halogenated alkanes) is 56. The monoisotopic (exact) mass is 1150 g/mol. The van der Waals surface area contributed by atoms with Gasteiger partial charge in [0.2, 0.25) is 5.91 Å². The van der Waals surface area contributed by atoms with E-state index >= 15 is 0 Å². The molecule has 1 amide bonds. The number of rotatable bonds is 71. The first kappa shape index (κ1) is 80.3. The Kier molecular flexibility index (Phi) is 70.4. The van der Waals surface area contributed by atoms with Gasteiger partial charge in [0, 0.05) is 12.8 Å². The van der Waals surface area contributed by atoms with Gasteiger partial charge in [-0.05, 0) is 57.8 Å². The van der Waals surface area contributed by atoms with Crippen LogP contribution in [0.3, 0.4) is 0 Å². The van der Waals surface area contributed by atoms with Gasteiger partial charge in [0.15, 0.2) is 0 Å². The molecule has 0 spiro atoms. The molecular weight excluding hydrogens is 1010 g/mol. The lowest BCUT2D eigenvalue weighted by Gasteiger charge is -2.22. The third-order valence-corrected chi connectivity index (χ3v) is 17.8. The van der Waals surface area contributed by atoms with Gasteiger partial charge >= 0.3 is 5.97 Å². The Morgan fingerprint density at radius 1 is 0.341 bits per heavy atom. The van der Waals surface area contributed by atoms with E-state index in [2.05, 4.69) is 43.5 Å². The average molecular weight is 1160 g/mol. The Morgan fingerprint density at radius 3 is 0.951 bits per heavy atom. The first-order valence-electron chi connectivity index (χ1n) is 37.6. The minimum absolute atomic E-state index is 0.00886. The molecule has 6 heteroatoms. The van der Waals surface area contributed by atoms with Crippen LogP contribution in [0.25, 0.3) is 0 Å². The predicted octanol–water partition coefficient (Wildman–Crippen LogP) is 24.5. The van der Waals surface area contributed by atoms with Crippen LogP contribution >= 0.6 is 0 Å². The van der Waals surface area contributed by atoms with E-state index < -0.39 is 12.1 Å². The van der Waals surface area contributed by atoms with Crippen LogP contribution in [0.5, 0.6) is 0 Å². The first-order chi connectivity index (χ1) is 40.5. The van der Waals surface area contributed by atoms with Crippen LogP contribution in [-0.4, -0.2) is 47.4 Å². The number of ether oxygens (including phenoxy) is 1. The number of esters is 1. The van der Waals surface area contributed by atoms with Gasteiger partial charge in [-0.15, -0.1) is 0 Å². The van der Waals surface area contributed by atoms with Crippen molar-refractivity contribution in [3.63, 3.8) is 0 Å². The zero-order valence-electron chi connectivity index (χ0n) is 55.8. The molecule has 486 valence electrons. The van der Waals surface area contributed by atoms with Gasteiger partial charge in [0.25, 0.3) is 0 Å². The van der Waals surface area contributed by atoms with Gasteiger partial charge in [-0.25, -0.2) is 0 Å². The molecule has 6 nitrogen and oxygen atoms in total. The highest BCUT2D eigenvalue weighted by Crippen LogP contribution is 2.20. The molecule has 0 aliphatic heterocycles. The molecule has 0 aliphatic rings. The van der Waals surface area contributed by atoms with Crippen LogP contribution in [0.4, 0.5) is 0 Å². The van der Waals surface area contributed by atoms with Crippen molar-refractivity contribution in [2.24, 2.45) is 0 Å². The third kappa shape index (κ3) is 67.5. The molecule has 82 heavy (non-hydrogen) atoms. The molecule has 3 N–H and O–H groups in total. The highest BCUT2D eigenvalue weighted by atomic mass is 16.5. The molecule has 0 rings (SSSR count). The summed E-state index contributed by atoms with van der Waals surface area (Å²) < 4.78 is 5.50. The molecule has 0 aromatic carbocycles. The maximum Gasteiger partial charge on any atom is 0.305 e. The van der Waals surface area contributed by atoms with Crippen LogP contribution in [0.2, 0.25) is 0 Å². The zero-order chi connectivity index (χ0) is 59.2. The van der Waals surface area contributed by atoms with Gasteiger partial charge in [0.1, 0.15) is 0 Å². The van der Waals surface area contributed by atoms with Crippen molar-refractivity contribution in [3.05, 3.63) is 24.3 Å². The molecule has 2 unspecified atom stereocenters. The fourth-order valence-corrected chi connectivity index (χ4v) is 12.0. The topological polar surface area (TPSA) is 95.9 Å². The van der Waals surface area contributed by atoms with Crippen molar-refractivity contribution in [2.45, 2.75) is 437 Å². The average Bonchev–Trinajstić information content (AvgIpc) is 3.48. The van der Waals surface area contributed by atoms with E-state index in [9.17, 15) is 19.8 Å². The summed E-state index contributed by atoms with van der Waals surface area (Å²) in [6.45, 7) is 4.97. The summed E-state index contributed by atoms with van der Waals surface area (Å²) in [6.07, 6.45) is 91.0. The molecule has 2 atom stereocenters. The van der Waals surface area contributed by atoms with E-state index in [1.165, 1.54) is 340 Å². The Balaban J connectivity index is 3.36. The summed E-state index contributed by atoms with van der Waals surface area (Å²) in [5.41, 5.74) is 0. The van der Waals surface area contributed by atoms with Gasteiger partial charge in [-0.2, -0.15) is 0 Å². The van der Waals surface area contributed by atoms with Crippen LogP contribution in [0, 0.1) is 0 Å². The van der Waals surface area contributed by atoms with Crippen molar-refractivity contribution in [2.75, 3.05) is 13.2 Å². The quantitative estimate of drug-likeness (QED) is 0.0320. The lowest BCUT2D eigenvalue weighted by molar-refractivity contribution is -0.143. The lowest BCUT2D eigenvalue weighted by atomic mass is 10.0. The number of amides is 1. The molecule has 0 radical (unpaired) electrons. The van der Waals surface area contributed by atoms with E-state index in [1.54, 1.807) is 0 Å². The summed E-state index contributed by atoms with van der Waals surface area (Å²) in [7, 11) is 0. The van der Waals surface area contributed by atoms with Gasteiger partial charge < -0.3 is 20.3 Å². The van der Waals surface area contributed by atoms with Gasteiger partial charge in [-0.1, -0.05) is 378 Å². The third-order valence-electron chi connectivity index (χ3n) is 17.8. The highest BCUT2D eigenvalue weighted by Gasteiger charge is 2.20. The van der Waals surface area contributed by atoms with E-state index in [0.717, 1.165) is 51.4 Å². The zero-order valence-corrected chi connectivity index (χ0v) is 55.8. The second-order valence-corrected chi connectivity index (χ2v) is 26.0. The maximum atomic E-state index is 12.6. The molecule has 0 aromatic rings. The number of carbonyl (C=O) groups is 2. The van der Waals surface area contributed by atoms with Crippen LogP contribution in [0.1, 0.15) is 425 Å². The number of aliphatic hydroxyl groups is 2. The van der Waals surface area contributed by atoms with E-state index in [1.807, 2.05) is 0 Å². The fraction of sp³-hybridized carbons (Fsp3) is 0.921. The van der Waals surface area contributed by atoms with E-state index in [0.29, 0.717) is 25.9 Å². The van der Waals surface area contributed by atoms with Crippen molar-refractivity contribution in [1.82, 2.24) is 5.32 Å². The second-order valence-electron chi connectivity index (χ2n) is 26.0. The minimum Gasteiger partial charge on any atom is -0.466 e. The van der Waals surface area contributed by atoms with E-state index in [-0.39, 0.29) is 18.5 Å². The van der Waals surface area contributed by atoms with Crippen LogP contribution in [0.15, 0.2) is 24.3 Å². The summed E-state index contributed by atoms with van der Waals surface area (Å²) >= 11 is 0. The Morgan fingerprint density at radius 2 is 0.610 bits per heavy atom. The summed E-state index contributed by atoms with van der Waals surface area (Å²) in [4.78, 5) is 24.7.